The van der Waals surface area contributed by atoms with Crippen molar-refractivity contribution in [3.05, 3.63) is 29.1 Å². The van der Waals surface area contributed by atoms with Crippen molar-refractivity contribution in [1.29, 1.82) is 0 Å². The molecule has 1 aliphatic rings. The molecule has 0 bridgehead atoms. The van der Waals surface area contributed by atoms with Gasteiger partial charge >= 0.3 is 5.97 Å². The molecule has 0 amide bonds. The minimum absolute atomic E-state index is 0.173. The zero-order chi connectivity index (χ0) is 9.42. The van der Waals surface area contributed by atoms with Gasteiger partial charge in [-0.05, 0) is 12.1 Å². The second kappa shape index (κ2) is 2.73. The highest BCUT2D eigenvalue weighted by Gasteiger charge is 2.23. The van der Waals surface area contributed by atoms with E-state index in [1.165, 1.54) is 6.07 Å². The molecule has 0 radical (unpaired) electrons. The number of esters is 1. The first-order valence-corrected chi connectivity index (χ1v) is 3.87. The fraction of sp³-hybridized carbons (Fsp3) is 0.222. The minimum Gasteiger partial charge on any atom is -0.505 e. The second-order valence-electron chi connectivity index (χ2n) is 2.81. The molecule has 4 heteroatoms. The third-order valence-electron chi connectivity index (χ3n) is 2.03. The van der Waals surface area contributed by atoms with E-state index in [2.05, 4.69) is 0 Å². The van der Waals surface area contributed by atoms with Crippen molar-refractivity contribution in [2.75, 3.05) is 6.61 Å². The highest BCUT2D eigenvalue weighted by atomic mass is 19.1. The molecular formula is C9H7FO3. The lowest BCUT2D eigenvalue weighted by molar-refractivity contribution is 0.0477. The van der Waals surface area contributed by atoms with Crippen molar-refractivity contribution in [3.63, 3.8) is 0 Å². The Morgan fingerprint density at radius 1 is 1.46 bits per heavy atom. The van der Waals surface area contributed by atoms with Gasteiger partial charge in [-0.25, -0.2) is 9.18 Å². The fourth-order valence-electron chi connectivity index (χ4n) is 1.37. The molecule has 1 heterocycles. The van der Waals surface area contributed by atoms with Gasteiger partial charge in [0.05, 0.1) is 12.2 Å². The van der Waals surface area contributed by atoms with Crippen LogP contribution in [0.4, 0.5) is 4.39 Å². The van der Waals surface area contributed by atoms with E-state index in [4.69, 9.17) is 9.84 Å². The first-order valence-electron chi connectivity index (χ1n) is 3.87. The molecule has 0 saturated heterocycles. The van der Waals surface area contributed by atoms with Crippen molar-refractivity contribution in [2.45, 2.75) is 6.42 Å². The Hall–Kier alpha value is -1.58. The summed E-state index contributed by atoms with van der Waals surface area (Å²) in [6, 6.07) is 2.52. The molecule has 0 unspecified atom stereocenters. The molecule has 3 nitrogen and oxygen atoms in total. The van der Waals surface area contributed by atoms with Gasteiger partial charge in [-0.3, -0.25) is 0 Å². The van der Waals surface area contributed by atoms with E-state index in [1.807, 2.05) is 0 Å². The third kappa shape index (κ3) is 1.14. The number of carbonyl (C=O) groups is 1. The molecule has 2 rings (SSSR count). The van der Waals surface area contributed by atoms with E-state index in [1.54, 1.807) is 0 Å². The maximum atomic E-state index is 13.2. The Morgan fingerprint density at radius 2 is 2.23 bits per heavy atom. The summed E-state index contributed by atoms with van der Waals surface area (Å²) in [5, 5.41) is 9.03. The van der Waals surface area contributed by atoms with Crippen LogP contribution in [0, 0.1) is 5.82 Å². The van der Waals surface area contributed by atoms with Crippen LogP contribution in [0.2, 0.25) is 0 Å². The minimum atomic E-state index is -0.714. The van der Waals surface area contributed by atoms with Crippen LogP contribution >= 0.6 is 0 Å². The van der Waals surface area contributed by atoms with E-state index in [9.17, 15) is 9.18 Å². The number of carbonyl (C=O) groups excluding carboxylic acids is 1. The number of rotatable bonds is 0. The molecule has 0 aromatic heterocycles. The molecule has 0 saturated carbocycles. The standard InChI is InChI=1S/C9H7FO3/c10-8-5-3-4-13-9(12)6(5)1-2-7(8)11/h1-2,11H,3-4H2. The van der Waals surface area contributed by atoms with E-state index < -0.39 is 17.5 Å². The number of phenolic OH excluding ortho intramolecular Hbond substituents is 1. The van der Waals surface area contributed by atoms with E-state index in [0.29, 0.717) is 6.42 Å². The molecule has 1 aromatic carbocycles. The number of hydrogen-bond acceptors (Lipinski definition) is 3. The molecule has 0 fully saturated rings. The molecule has 0 aliphatic carbocycles. The predicted molar refractivity (Wildman–Crippen MR) is 42.1 cm³/mol. The number of fused-ring (bicyclic) bond motifs is 1. The number of benzene rings is 1. The van der Waals surface area contributed by atoms with Crippen LogP contribution in [0.3, 0.4) is 0 Å². The molecule has 0 spiro atoms. The van der Waals surface area contributed by atoms with Crippen LogP contribution in [0.1, 0.15) is 15.9 Å². The van der Waals surface area contributed by atoms with Crippen LogP contribution in [0.15, 0.2) is 12.1 Å². The molecule has 0 atom stereocenters. The van der Waals surface area contributed by atoms with Gasteiger partial charge in [-0.1, -0.05) is 0 Å². The SMILES string of the molecule is O=C1OCCc2c1ccc(O)c2F. The third-order valence-corrected chi connectivity index (χ3v) is 2.03. The molecule has 68 valence electrons. The normalized spacial score (nSPS) is 15.0. The maximum absolute atomic E-state index is 13.2. The zero-order valence-electron chi connectivity index (χ0n) is 6.71. The predicted octanol–water partition coefficient (Wildman–Crippen LogP) is 1.24. The van der Waals surface area contributed by atoms with Crippen molar-refractivity contribution in [2.24, 2.45) is 0 Å². The monoisotopic (exact) mass is 182 g/mol. The first kappa shape index (κ1) is 8.04. The summed E-state index contributed by atoms with van der Waals surface area (Å²) < 4.78 is 17.9. The number of aromatic hydroxyl groups is 1. The van der Waals surface area contributed by atoms with Gasteiger partial charge in [0.1, 0.15) is 0 Å². The van der Waals surface area contributed by atoms with E-state index >= 15 is 0 Å². The lowest BCUT2D eigenvalue weighted by atomic mass is 10.0. The number of halogens is 1. The van der Waals surface area contributed by atoms with Crippen LogP contribution in [0.25, 0.3) is 0 Å². The highest BCUT2D eigenvalue weighted by molar-refractivity contribution is 5.92. The van der Waals surface area contributed by atoms with E-state index in [-0.39, 0.29) is 17.7 Å². The Kier molecular flexibility index (Phi) is 1.69. The first-order chi connectivity index (χ1) is 6.20. The second-order valence-corrected chi connectivity index (χ2v) is 2.81. The van der Waals surface area contributed by atoms with Gasteiger partial charge in [0.15, 0.2) is 11.6 Å². The summed E-state index contributed by atoms with van der Waals surface area (Å²) in [6.45, 7) is 0.173. The summed E-state index contributed by atoms with van der Waals surface area (Å²) in [4.78, 5) is 11.1. The lowest BCUT2D eigenvalue weighted by Crippen LogP contribution is -2.18. The smallest absolute Gasteiger partial charge is 0.338 e. The van der Waals surface area contributed by atoms with Crippen molar-refractivity contribution >= 4 is 5.97 Å². The van der Waals surface area contributed by atoms with Gasteiger partial charge < -0.3 is 9.84 Å². The molecule has 1 aliphatic heterocycles. The Bertz CT molecular complexity index is 373. The molecule has 1 N–H and O–H groups in total. The molecule has 13 heavy (non-hydrogen) atoms. The van der Waals surface area contributed by atoms with Crippen molar-refractivity contribution in [1.82, 2.24) is 0 Å². The number of phenols is 1. The summed E-state index contributed by atoms with van der Waals surface area (Å²) in [7, 11) is 0. The van der Waals surface area contributed by atoms with Crippen molar-refractivity contribution < 1.29 is 19.0 Å². The topological polar surface area (TPSA) is 46.5 Å². The van der Waals surface area contributed by atoms with Gasteiger partial charge in [-0.2, -0.15) is 0 Å². The van der Waals surface area contributed by atoms with Gasteiger partial charge in [-0.15, -0.1) is 0 Å². The van der Waals surface area contributed by atoms with Crippen LogP contribution in [0.5, 0.6) is 5.75 Å². The van der Waals surface area contributed by atoms with Crippen LogP contribution < -0.4 is 0 Å². The Labute approximate surface area is 73.8 Å². The Morgan fingerprint density at radius 3 is 3.00 bits per heavy atom. The quantitative estimate of drug-likeness (QED) is 0.614. The van der Waals surface area contributed by atoms with Gasteiger partial charge in [0.2, 0.25) is 0 Å². The van der Waals surface area contributed by atoms with Crippen LogP contribution in [-0.2, 0) is 11.2 Å². The molecular weight excluding hydrogens is 175 g/mol. The summed E-state index contributed by atoms with van der Waals surface area (Å²) in [6.07, 6.45) is 0.321. The van der Waals surface area contributed by atoms with E-state index in [0.717, 1.165) is 6.07 Å². The maximum Gasteiger partial charge on any atom is 0.338 e. The number of hydrogen-bond donors (Lipinski definition) is 1. The van der Waals surface area contributed by atoms with Gasteiger partial charge in [0.25, 0.3) is 0 Å². The lowest BCUT2D eigenvalue weighted by Gasteiger charge is -2.16. The average Bonchev–Trinajstić information content (AvgIpc) is 2.12. The van der Waals surface area contributed by atoms with Crippen LogP contribution in [-0.4, -0.2) is 17.7 Å². The largest absolute Gasteiger partial charge is 0.505 e. The number of cyclic esters (lactones) is 1. The summed E-state index contributed by atoms with van der Waals surface area (Å²) >= 11 is 0. The molecule has 1 aromatic rings. The number of ether oxygens (including phenoxy) is 1. The fourth-order valence-corrected chi connectivity index (χ4v) is 1.37. The highest BCUT2D eigenvalue weighted by Crippen LogP contribution is 2.26. The summed E-state index contributed by atoms with van der Waals surface area (Å²) in [5.74, 6) is -1.66. The Balaban J connectivity index is 2.63. The average molecular weight is 182 g/mol. The zero-order valence-corrected chi connectivity index (χ0v) is 6.71. The summed E-state index contributed by atoms with van der Waals surface area (Å²) in [5.41, 5.74) is 0.456. The van der Waals surface area contributed by atoms with Crippen molar-refractivity contribution in [3.8, 4) is 5.75 Å². The van der Waals surface area contributed by atoms with Gasteiger partial charge in [0, 0.05) is 12.0 Å².